The van der Waals surface area contributed by atoms with Crippen molar-refractivity contribution in [1.29, 1.82) is 0 Å². The normalized spacial score (nSPS) is 23.7. The second-order valence-electron chi connectivity index (χ2n) is 2.03. The van der Waals surface area contributed by atoms with E-state index in [1.807, 2.05) is 23.5 Å². The summed E-state index contributed by atoms with van der Waals surface area (Å²) in [5.41, 5.74) is 0. The van der Waals surface area contributed by atoms with E-state index in [4.69, 9.17) is 11.6 Å². The van der Waals surface area contributed by atoms with E-state index in [0.29, 0.717) is 4.58 Å². The van der Waals surface area contributed by atoms with Gasteiger partial charge in [0.05, 0.1) is 4.58 Å². The van der Waals surface area contributed by atoms with Crippen LogP contribution < -0.4 is 0 Å². The van der Waals surface area contributed by atoms with Crippen molar-refractivity contribution in [3.8, 4) is 0 Å². The van der Waals surface area contributed by atoms with Crippen LogP contribution in [0.2, 0.25) is 0 Å². The molecule has 0 N–H and O–H groups in total. The van der Waals surface area contributed by atoms with E-state index in [1.54, 1.807) is 0 Å². The summed E-state index contributed by atoms with van der Waals surface area (Å²) in [5.74, 6) is 3.43. The van der Waals surface area contributed by atoms with Crippen LogP contribution in [-0.4, -0.2) is 22.0 Å². The number of rotatable bonds is 1. The van der Waals surface area contributed by atoms with E-state index in [0.717, 1.165) is 5.88 Å². The maximum atomic E-state index is 5.71. The Bertz CT molecular complexity index is 69.5. The minimum Gasteiger partial charge on any atom is -0.146 e. The number of thioether (sulfide) groups is 2. The van der Waals surface area contributed by atoms with Gasteiger partial charge >= 0.3 is 0 Å². The summed E-state index contributed by atoms with van der Waals surface area (Å²) in [7, 11) is 0. The van der Waals surface area contributed by atoms with Crippen LogP contribution in [0.25, 0.3) is 0 Å². The Kier molecular flexibility index (Phi) is 4.27. The molecule has 54 valence electrons. The van der Waals surface area contributed by atoms with E-state index >= 15 is 0 Å². The van der Waals surface area contributed by atoms with E-state index in [1.165, 1.54) is 24.3 Å². The first-order chi connectivity index (χ1) is 4.43. The first-order valence-electron chi connectivity index (χ1n) is 3.22. The SMILES string of the molecule is ClCC1SCCCCS1. The maximum Gasteiger partial charge on any atom is 0.0637 e. The fraction of sp³-hybridized carbons (Fsp3) is 1.00. The average molecular weight is 183 g/mol. The number of alkyl halides is 1. The van der Waals surface area contributed by atoms with Gasteiger partial charge in [-0.3, -0.25) is 0 Å². The Morgan fingerprint density at radius 1 is 1.22 bits per heavy atom. The molecule has 0 unspecified atom stereocenters. The Morgan fingerprint density at radius 2 is 1.78 bits per heavy atom. The molecule has 0 aromatic carbocycles. The third-order valence-corrected chi connectivity index (χ3v) is 4.89. The van der Waals surface area contributed by atoms with E-state index in [9.17, 15) is 0 Å². The van der Waals surface area contributed by atoms with E-state index in [-0.39, 0.29) is 0 Å². The molecule has 1 rings (SSSR count). The van der Waals surface area contributed by atoms with Crippen molar-refractivity contribution in [3.63, 3.8) is 0 Å². The molecular weight excluding hydrogens is 172 g/mol. The summed E-state index contributed by atoms with van der Waals surface area (Å²) < 4.78 is 0.675. The summed E-state index contributed by atoms with van der Waals surface area (Å²) in [6.07, 6.45) is 2.76. The molecule has 0 amide bonds. The first-order valence-corrected chi connectivity index (χ1v) is 5.86. The van der Waals surface area contributed by atoms with Gasteiger partial charge in [0.15, 0.2) is 0 Å². The van der Waals surface area contributed by atoms with Crippen molar-refractivity contribution in [3.05, 3.63) is 0 Å². The summed E-state index contributed by atoms with van der Waals surface area (Å²) in [4.78, 5) is 0. The fourth-order valence-corrected chi connectivity index (χ4v) is 3.71. The zero-order chi connectivity index (χ0) is 6.53. The van der Waals surface area contributed by atoms with Gasteiger partial charge in [-0.05, 0) is 24.3 Å². The van der Waals surface area contributed by atoms with Gasteiger partial charge < -0.3 is 0 Å². The quantitative estimate of drug-likeness (QED) is 0.573. The molecule has 9 heavy (non-hydrogen) atoms. The van der Waals surface area contributed by atoms with Crippen molar-refractivity contribution in [2.24, 2.45) is 0 Å². The first kappa shape index (κ1) is 8.09. The topological polar surface area (TPSA) is 0 Å². The molecule has 0 spiro atoms. The van der Waals surface area contributed by atoms with Crippen LogP contribution in [-0.2, 0) is 0 Å². The van der Waals surface area contributed by atoms with Crippen LogP contribution in [0, 0.1) is 0 Å². The molecule has 1 aliphatic rings. The van der Waals surface area contributed by atoms with Crippen LogP contribution in [0.1, 0.15) is 12.8 Å². The minimum absolute atomic E-state index is 0.675. The second kappa shape index (κ2) is 4.75. The van der Waals surface area contributed by atoms with Crippen LogP contribution in [0.5, 0.6) is 0 Å². The lowest BCUT2D eigenvalue weighted by Gasteiger charge is -2.06. The van der Waals surface area contributed by atoms with Gasteiger partial charge in [-0.1, -0.05) is 0 Å². The molecular formula is C6H11ClS2. The number of hydrogen-bond acceptors (Lipinski definition) is 2. The molecule has 1 heterocycles. The van der Waals surface area contributed by atoms with Crippen molar-refractivity contribution in [1.82, 2.24) is 0 Å². The molecule has 3 heteroatoms. The minimum atomic E-state index is 0.675. The van der Waals surface area contributed by atoms with E-state index in [2.05, 4.69) is 0 Å². The third-order valence-electron chi connectivity index (χ3n) is 1.27. The fourth-order valence-electron chi connectivity index (χ4n) is 0.771. The molecule has 1 saturated heterocycles. The predicted octanol–water partition coefficient (Wildman–Crippen LogP) is 2.81. The van der Waals surface area contributed by atoms with Gasteiger partial charge in [0.2, 0.25) is 0 Å². The lowest BCUT2D eigenvalue weighted by Crippen LogP contribution is -1.97. The Hall–Kier alpha value is 0.990. The van der Waals surface area contributed by atoms with Crippen molar-refractivity contribution in [2.75, 3.05) is 17.4 Å². The lowest BCUT2D eigenvalue weighted by molar-refractivity contribution is 0.912. The Balaban J connectivity index is 2.18. The van der Waals surface area contributed by atoms with Gasteiger partial charge in [-0.2, -0.15) is 0 Å². The monoisotopic (exact) mass is 182 g/mol. The lowest BCUT2D eigenvalue weighted by atomic mass is 10.4. The van der Waals surface area contributed by atoms with Gasteiger partial charge in [0.1, 0.15) is 0 Å². The molecule has 0 aromatic rings. The van der Waals surface area contributed by atoms with Crippen LogP contribution in [0.3, 0.4) is 0 Å². The molecule has 0 nitrogen and oxygen atoms in total. The number of hydrogen-bond donors (Lipinski definition) is 0. The molecule has 0 atom stereocenters. The summed E-state index contributed by atoms with van der Waals surface area (Å²) in [5, 5.41) is 0. The second-order valence-corrected chi connectivity index (χ2v) is 5.26. The Labute approximate surface area is 70.1 Å². The third kappa shape index (κ3) is 3.06. The smallest absolute Gasteiger partial charge is 0.0637 e. The van der Waals surface area contributed by atoms with Crippen LogP contribution >= 0.6 is 35.1 Å². The summed E-state index contributed by atoms with van der Waals surface area (Å²) in [6.45, 7) is 0. The van der Waals surface area contributed by atoms with Crippen LogP contribution in [0.4, 0.5) is 0 Å². The largest absolute Gasteiger partial charge is 0.146 e. The van der Waals surface area contributed by atoms with Gasteiger partial charge in [0.25, 0.3) is 0 Å². The molecule has 1 aliphatic heterocycles. The van der Waals surface area contributed by atoms with Crippen molar-refractivity contribution < 1.29 is 0 Å². The highest BCUT2D eigenvalue weighted by Crippen LogP contribution is 2.29. The highest BCUT2D eigenvalue weighted by molar-refractivity contribution is 8.17. The molecule has 0 aromatic heterocycles. The maximum absolute atomic E-state index is 5.71. The standard InChI is InChI=1S/C6H11ClS2/c7-5-6-8-3-1-2-4-9-6/h6H,1-5H2. The Morgan fingerprint density at radius 3 is 2.22 bits per heavy atom. The molecule has 0 aliphatic carbocycles. The molecule has 0 saturated carbocycles. The van der Waals surface area contributed by atoms with Crippen molar-refractivity contribution in [2.45, 2.75) is 17.4 Å². The molecule has 0 bridgehead atoms. The van der Waals surface area contributed by atoms with Crippen LogP contribution in [0.15, 0.2) is 0 Å². The van der Waals surface area contributed by atoms with Gasteiger partial charge in [-0.25, -0.2) is 0 Å². The predicted molar refractivity (Wildman–Crippen MR) is 48.7 cm³/mol. The van der Waals surface area contributed by atoms with E-state index < -0.39 is 0 Å². The average Bonchev–Trinajstić information content (AvgIpc) is 2.13. The summed E-state index contributed by atoms with van der Waals surface area (Å²) in [6, 6.07) is 0. The van der Waals surface area contributed by atoms with Gasteiger partial charge in [-0.15, -0.1) is 35.1 Å². The number of halogens is 1. The summed E-state index contributed by atoms with van der Waals surface area (Å²) >= 11 is 9.74. The highest BCUT2D eigenvalue weighted by atomic mass is 35.5. The zero-order valence-corrected chi connectivity index (χ0v) is 7.70. The van der Waals surface area contributed by atoms with Crippen molar-refractivity contribution >= 4 is 35.1 Å². The highest BCUT2D eigenvalue weighted by Gasteiger charge is 2.10. The molecule has 0 radical (unpaired) electrons. The molecule has 1 fully saturated rings. The zero-order valence-electron chi connectivity index (χ0n) is 5.31. The van der Waals surface area contributed by atoms with Gasteiger partial charge in [0, 0.05) is 5.88 Å².